The van der Waals surface area contributed by atoms with E-state index in [-0.39, 0.29) is 10.7 Å². The number of furan rings is 1. The second-order valence-electron chi connectivity index (χ2n) is 7.41. The zero-order chi connectivity index (χ0) is 22.3. The van der Waals surface area contributed by atoms with Gasteiger partial charge in [0.05, 0.1) is 5.69 Å². The molecule has 2 amide bonds. The molecule has 0 bridgehead atoms. The Bertz CT molecular complexity index is 1280. The van der Waals surface area contributed by atoms with Gasteiger partial charge in [-0.15, -0.1) is 0 Å². The van der Waals surface area contributed by atoms with Crippen molar-refractivity contribution in [1.82, 2.24) is 5.32 Å². The number of nitrogens with one attached hydrogen (secondary N) is 1. The molecule has 1 saturated heterocycles. The molecule has 1 N–H and O–H groups in total. The molecular weight excluding hydrogens is 432 g/mol. The van der Waals surface area contributed by atoms with Gasteiger partial charge >= 0.3 is 0 Å². The Morgan fingerprint density at radius 1 is 1.00 bits per heavy atom. The summed E-state index contributed by atoms with van der Waals surface area (Å²) in [5.41, 5.74) is 4.26. The first-order valence-electron chi connectivity index (χ1n) is 9.59. The highest BCUT2D eigenvalue weighted by molar-refractivity contribution is 7.80. The first-order valence-corrected chi connectivity index (χ1v) is 10.4. The van der Waals surface area contributed by atoms with Crippen LogP contribution < -0.4 is 10.2 Å². The normalized spacial score (nSPS) is 15.5. The standard InChI is InChI=1S/C24H19ClN2O3S/c1-13-4-5-15(3)20(10-13)27-23(29)19(22(28)26-24(27)31)12-17-8-9-21(30-17)18-11-16(25)7-6-14(18)2/h4-12H,1-3H3,(H,26,28,31)/b19-12+. The SMILES string of the molecule is Cc1ccc(C)c(N2C(=O)/C(=C/c3ccc(-c4cc(Cl)ccc4C)o3)C(=O)NC2=S)c1. The molecule has 5 nitrogen and oxygen atoms in total. The fraction of sp³-hybridized carbons (Fsp3) is 0.125. The van der Waals surface area contributed by atoms with Crippen molar-refractivity contribution in [2.24, 2.45) is 0 Å². The fourth-order valence-corrected chi connectivity index (χ4v) is 3.86. The van der Waals surface area contributed by atoms with Crippen molar-refractivity contribution in [3.8, 4) is 11.3 Å². The number of anilines is 1. The van der Waals surface area contributed by atoms with Crippen LogP contribution in [0.25, 0.3) is 17.4 Å². The number of amides is 2. The summed E-state index contributed by atoms with van der Waals surface area (Å²) in [5.74, 6) is -0.0909. The van der Waals surface area contributed by atoms with Crippen molar-refractivity contribution in [3.63, 3.8) is 0 Å². The molecule has 31 heavy (non-hydrogen) atoms. The molecule has 0 saturated carbocycles. The molecule has 1 fully saturated rings. The molecule has 4 rings (SSSR count). The van der Waals surface area contributed by atoms with E-state index >= 15 is 0 Å². The molecule has 0 aliphatic carbocycles. The highest BCUT2D eigenvalue weighted by Gasteiger charge is 2.35. The molecule has 1 aromatic heterocycles. The van der Waals surface area contributed by atoms with Crippen LogP contribution in [-0.2, 0) is 9.59 Å². The van der Waals surface area contributed by atoms with E-state index < -0.39 is 11.8 Å². The monoisotopic (exact) mass is 450 g/mol. The molecule has 0 radical (unpaired) electrons. The van der Waals surface area contributed by atoms with Crippen molar-refractivity contribution in [3.05, 3.63) is 81.6 Å². The van der Waals surface area contributed by atoms with Crippen LogP contribution in [0.15, 0.2) is 58.5 Å². The molecule has 1 aliphatic rings. The number of halogens is 1. The predicted octanol–water partition coefficient (Wildman–Crippen LogP) is 5.36. The summed E-state index contributed by atoms with van der Waals surface area (Å²) in [7, 11) is 0. The quantitative estimate of drug-likeness (QED) is 0.331. The topological polar surface area (TPSA) is 62.6 Å². The summed E-state index contributed by atoms with van der Waals surface area (Å²) in [4.78, 5) is 27.1. The van der Waals surface area contributed by atoms with Crippen LogP contribution in [0.3, 0.4) is 0 Å². The maximum absolute atomic E-state index is 13.2. The molecule has 2 aromatic carbocycles. The zero-order valence-electron chi connectivity index (χ0n) is 17.2. The number of hydrogen-bond acceptors (Lipinski definition) is 4. The first kappa shape index (κ1) is 21.0. The second kappa shape index (κ2) is 8.13. The third kappa shape index (κ3) is 4.04. The Labute approximate surface area is 190 Å². The summed E-state index contributed by atoms with van der Waals surface area (Å²) in [6, 6.07) is 14.7. The number of hydrogen-bond donors (Lipinski definition) is 1. The van der Waals surface area contributed by atoms with Gasteiger partial charge in [0.25, 0.3) is 11.8 Å². The van der Waals surface area contributed by atoms with Crippen molar-refractivity contribution < 1.29 is 14.0 Å². The van der Waals surface area contributed by atoms with E-state index in [2.05, 4.69) is 5.32 Å². The number of benzene rings is 2. The molecule has 1 aliphatic heterocycles. The van der Waals surface area contributed by atoms with E-state index in [0.29, 0.717) is 22.2 Å². The van der Waals surface area contributed by atoms with Gasteiger partial charge in [-0.2, -0.15) is 0 Å². The number of carbonyl (C=O) groups is 2. The van der Waals surface area contributed by atoms with Crippen LogP contribution in [0.2, 0.25) is 5.02 Å². The maximum Gasteiger partial charge on any atom is 0.270 e. The minimum absolute atomic E-state index is 0.0514. The Morgan fingerprint density at radius 3 is 2.52 bits per heavy atom. The number of rotatable bonds is 3. The minimum atomic E-state index is -0.562. The number of nitrogens with zero attached hydrogens (tertiary/aromatic N) is 1. The summed E-state index contributed by atoms with van der Waals surface area (Å²) in [6.07, 6.45) is 1.43. The molecule has 156 valence electrons. The highest BCUT2D eigenvalue weighted by atomic mass is 35.5. The van der Waals surface area contributed by atoms with Crippen molar-refractivity contribution >= 4 is 52.5 Å². The summed E-state index contributed by atoms with van der Waals surface area (Å²) in [5, 5.41) is 3.25. The summed E-state index contributed by atoms with van der Waals surface area (Å²) >= 11 is 11.4. The zero-order valence-corrected chi connectivity index (χ0v) is 18.7. The van der Waals surface area contributed by atoms with Crippen LogP contribution >= 0.6 is 23.8 Å². The first-order chi connectivity index (χ1) is 14.7. The van der Waals surface area contributed by atoms with Crippen LogP contribution in [0.4, 0.5) is 5.69 Å². The van der Waals surface area contributed by atoms with Crippen molar-refractivity contribution in [2.75, 3.05) is 4.90 Å². The van der Waals surface area contributed by atoms with Gasteiger partial charge in [-0.25, -0.2) is 0 Å². The van der Waals surface area contributed by atoms with Crippen molar-refractivity contribution in [2.45, 2.75) is 20.8 Å². The lowest BCUT2D eigenvalue weighted by atomic mass is 10.1. The molecule has 0 unspecified atom stereocenters. The lowest BCUT2D eigenvalue weighted by molar-refractivity contribution is -0.122. The lowest BCUT2D eigenvalue weighted by Gasteiger charge is -2.30. The average molecular weight is 451 g/mol. The Morgan fingerprint density at radius 2 is 1.74 bits per heavy atom. The molecular formula is C24H19ClN2O3S. The van der Waals surface area contributed by atoms with E-state index in [9.17, 15) is 9.59 Å². The van der Waals surface area contributed by atoms with Gasteiger partial charge in [-0.3, -0.25) is 19.8 Å². The van der Waals surface area contributed by atoms with Gasteiger partial charge in [0.15, 0.2) is 5.11 Å². The smallest absolute Gasteiger partial charge is 0.270 e. The third-order valence-electron chi connectivity index (χ3n) is 5.09. The number of aryl methyl sites for hydroxylation is 3. The fourth-order valence-electron chi connectivity index (χ4n) is 3.41. The summed E-state index contributed by atoms with van der Waals surface area (Å²) in [6.45, 7) is 5.77. The highest BCUT2D eigenvalue weighted by Crippen LogP contribution is 2.30. The van der Waals surface area contributed by atoms with E-state index in [0.717, 1.165) is 22.3 Å². The van der Waals surface area contributed by atoms with Crippen LogP contribution in [-0.4, -0.2) is 16.9 Å². The van der Waals surface area contributed by atoms with Crippen LogP contribution in [0.1, 0.15) is 22.5 Å². The third-order valence-corrected chi connectivity index (χ3v) is 5.61. The molecule has 3 aromatic rings. The largest absolute Gasteiger partial charge is 0.457 e. The Kier molecular flexibility index (Phi) is 5.52. The van der Waals surface area contributed by atoms with Gasteiger partial charge in [0, 0.05) is 10.6 Å². The average Bonchev–Trinajstić information content (AvgIpc) is 3.18. The van der Waals surface area contributed by atoms with E-state index in [4.69, 9.17) is 28.2 Å². The van der Waals surface area contributed by atoms with E-state index in [1.165, 1.54) is 11.0 Å². The van der Waals surface area contributed by atoms with Gasteiger partial charge in [0.1, 0.15) is 17.1 Å². The molecule has 0 spiro atoms. The van der Waals surface area contributed by atoms with E-state index in [1.54, 1.807) is 12.1 Å². The van der Waals surface area contributed by atoms with Gasteiger partial charge in [0.2, 0.25) is 0 Å². The molecule has 0 atom stereocenters. The summed E-state index contributed by atoms with van der Waals surface area (Å²) < 4.78 is 5.90. The maximum atomic E-state index is 13.2. The minimum Gasteiger partial charge on any atom is -0.457 e. The van der Waals surface area contributed by atoms with Gasteiger partial charge in [-0.05, 0) is 86.1 Å². The van der Waals surface area contributed by atoms with Gasteiger partial charge < -0.3 is 4.42 Å². The van der Waals surface area contributed by atoms with Crippen molar-refractivity contribution in [1.29, 1.82) is 0 Å². The van der Waals surface area contributed by atoms with Crippen LogP contribution in [0.5, 0.6) is 0 Å². The second-order valence-corrected chi connectivity index (χ2v) is 8.23. The Balaban J connectivity index is 1.72. The molecule has 2 heterocycles. The number of carbonyl (C=O) groups excluding carboxylic acids is 2. The van der Waals surface area contributed by atoms with E-state index in [1.807, 2.05) is 57.2 Å². The van der Waals surface area contributed by atoms with Crippen LogP contribution in [0, 0.1) is 20.8 Å². The Hall–Kier alpha value is -3.22. The number of thiocarbonyl (C=S) groups is 1. The predicted molar refractivity (Wildman–Crippen MR) is 126 cm³/mol. The lowest BCUT2D eigenvalue weighted by Crippen LogP contribution is -2.54. The van der Waals surface area contributed by atoms with Gasteiger partial charge in [-0.1, -0.05) is 29.8 Å². The molecule has 7 heteroatoms.